The number of aryl methyl sites for hydroxylation is 2. The molecule has 1 saturated heterocycles. The number of nitrogens with zero attached hydrogens (tertiary/aromatic N) is 2. The number of carbonyl (C=O) groups excluding carboxylic acids is 1. The molecule has 4 nitrogen and oxygen atoms in total. The first-order valence-corrected chi connectivity index (χ1v) is 7.98. The Labute approximate surface area is 133 Å². The summed E-state index contributed by atoms with van der Waals surface area (Å²) in [6.45, 7) is 2.10. The van der Waals surface area contributed by atoms with Gasteiger partial charge in [0.25, 0.3) is 5.91 Å². The summed E-state index contributed by atoms with van der Waals surface area (Å²) in [7, 11) is 1.95. The summed E-state index contributed by atoms with van der Waals surface area (Å²) in [6.07, 6.45) is 4.75. The van der Waals surface area contributed by atoms with Gasteiger partial charge < -0.3 is 9.88 Å². The van der Waals surface area contributed by atoms with E-state index in [2.05, 4.69) is 23.3 Å². The maximum absolute atomic E-state index is 12.1. The van der Waals surface area contributed by atoms with Crippen molar-refractivity contribution >= 4 is 34.6 Å². The number of hydrogen-bond donors (Lipinski definition) is 1. The van der Waals surface area contributed by atoms with Crippen molar-refractivity contribution < 1.29 is 4.79 Å². The van der Waals surface area contributed by atoms with E-state index >= 15 is 0 Å². The fraction of sp³-hybridized carbons (Fsp3) is 0.176. The number of thioether (sulfide) groups is 1. The third-order valence-electron chi connectivity index (χ3n) is 3.51. The highest BCUT2D eigenvalue weighted by Gasteiger charge is 2.24. The topological polar surface area (TPSA) is 46.4 Å². The number of nitrogens with one attached hydrogen (secondary N) is 1. The summed E-state index contributed by atoms with van der Waals surface area (Å²) in [5, 5.41) is 3.46. The lowest BCUT2D eigenvalue weighted by molar-refractivity contribution is -0.115. The summed E-state index contributed by atoms with van der Waals surface area (Å²) in [5.41, 5.74) is 3.07. The van der Waals surface area contributed by atoms with Crippen LogP contribution in [0.5, 0.6) is 0 Å². The predicted molar refractivity (Wildman–Crippen MR) is 92.0 cm³/mol. The summed E-state index contributed by atoms with van der Waals surface area (Å²) >= 11 is 1.38. The number of para-hydroxylation sites is 1. The monoisotopic (exact) mass is 311 g/mol. The van der Waals surface area contributed by atoms with Crippen molar-refractivity contribution in [2.45, 2.75) is 13.3 Å². The van der Waals surface area contributed by atoms with Gasteiger partial charge in [-0.15, -0.1) is 0 Å². The smallest absolute Gasteiger partial charge is 0.264 e. The average Bonchev–Trinajstić information content (AvgIpc) is 3.07. The molecule has 0 atom stereocenters. The zero-order chi connectivity index (χ0) is 15.5. The van der Waals surface area contributed by atoms with Crippen LogP contribution in [0.1, 0.15) is 18.2 Å². The van der Waals surface area contributed by atoms with Crippen molar-refractivity contribution in [3.05, 3.63) is 58.8 Å². The molecule has 1 fully saturated rings. The van der Waals surface area contributed by atoms with Gasteiger partial charge in [0.15, 0.2) is 5.17 Å². The molecule has 0 aliphatic carbocycles. The zero-order valence-corrected chi connectivity index (χ0v) is 13.4. The van der Waals surface area contributed by atoms with Crippen LogP contribution in [0.2, 0.25) is 0 Å². The molecule has 3 rings (SSSR count). The van der Waals surface area contributed by atoms with Gasteiger partial charge in [0, 0.05) is 18.9 Å². The highest BCUT2D eigenvalue weighted by atomic mass is 32.2. The molecule has 0 unspecified atom stereocenters. The van der Waals surface area contributed by atoms with Gasteiger partial charge >= 0.3 is 0 Å². The molecule has 1 N–H and O–H groups in total. The van der Waals surface area contributed by atoms with Gasteiger partial charge in [-0.3, -0.25) is 4.79 Å². The molecule has 1 amide bonds. The summed E-state index contributed by atoms with van der Waals surface area (Å²) in [5.74, 6) is -0.0982. The number of amides is 1. The van der Waals surface area contributed by atoms with Crippen LogP contribution in [-0.2, 0) is 18.3 Å². The lowest BCUT2D eigenvalue weighted by Crippen LogP contribution is -2.19. The Kier molecular flexibility index (Phi) is 4.15. The van der Waals surface area contributed by atoms with Gasteiger partial charge in [0.1, 0.15) is 0 Å². The molecule has 1 aromatic heterocycles. The summed E-state index contributed by atoms with van der Waals surface area (Å²) < 4.78 is 1.97. The third-order valence-corrected chi connectivity index (χ3v) is 4.42. The van der Waals surface area contributed by atoms with Crippen LogP contribution in [-0.4, -0.2) is 15.6 Å². The zero-order valence-electron chi connectivity index (χ0n) is 12.5. The van der Waals surface area contributed by atoms with Crippen LogP contribution >= 0.6 is 11.8 Å². The molecule has 0 saturated carbocycles. The first-order valence-electron chi connectivity index (χ1n) is 7.16. The Morgan fingerprint density at radius 1 is 1.27 bits per heavy atom. The van der Waals surface area contributed by atoms with Crippen LogP contribution in [0.3, 0.4) is 0 Å². The van der Waals surface area contributed by atoms with Crippen LogP contribution in [0.25, 0.3) is 6.08 Å². The van der Waals surface area contributed by atoms with Gasteiger partial charge in [-0.2, -0.15) is 0 Å². The molecule has 1 aromatic carbocycles. The minimum atomic E-state index is -0.0982. The highest BCUT2D eigenvalue weighted by molar-refractivity contribution is 8.18. The van der Waals surface area contributed by atoms with Crippen LogP contribution in [0, 0.1) is 0 Å². The van der Waals surface area contributed by atoms with Gasteiger partial charge in [-0.05, 0) is 48.0 Å². The fourth-order valence-corrected chi connectivity index (χ4v) is 3.09. The lowest BCUT2D eigenvalue weighted by atomic mass is 10.1. The number of rotatable bonds is 3. The van der Waals surface area contributed by atoms with Crippen LogP contribution in [0.15, 0.2) is 52.5 Å². The molecule has 22 heavy (non-hydrogen) atoms. The number of hydrogen-bond acceptors (Lipinski definition) is 3. The second kappa shape index (κ2) is 6.23. The molecule has 2 heterocycles. The molecule has 0 bridgehead atoms. The molecular formula is C17H17N3OS. The molecule has 5 heteroatoms. The standard InChI is InChI=1S/C17H17N3OS/c1-3-12-7-4-5-9-14(12)18-17-19-16(21)15(22-17)11-13-8-6-10-20(13)2/h4-11H,3H2,1-2H3,(H,18,19,21)/b15-11+. The molecular weight excluding hydrogens is 294 g/mol. The average molecular weight is 311 g/mol. The Hall–Kier alpha value is -2.27. The van der Waals surface area contributed by atoms with Crippen molar-refractivity contribution in [3.63, 3.8) is 0 Å². The Balaban J connectivity index is 1.87. The minimum absolute atomic E-state index is 0.0982. The Morgan fingerprint density at radius 2 is 2.09 bits per heavy atom. The van der Waals surface area contributed by atoms with Gasteiger partial charge in [-0.25, -0.2) is 4.99 Å². The second-order valence-electron chi connectivity index (χ2n) is 5.01. The number of amidine groups is 1. The molecule has 2 aromatic rings. The summed E-state index contributed by atoms with van der Waals surface area (Å²) in [4.78, 5) is 17.3. The summed E-state index contributed by atoms with van der Waals surface area (Å²) in [6, 6.07) is 11.9. The van der Waals surface area contributed by atoms with Crippen molar-refractivity contribution in [2.24, 2.45) is 12.0 Å². The van der Waals surface area contributed by atoms with E-state index in [1.54, 1.807) is 0 Å². The van der Waals surface area contributed by atoms with E-state index in [1.807, 2.05) is 54.2 Å². The minimum Gasteiger partial charge on any atom is -0.351 e. The largest absolute Gasteiger partial charge is 0.351 e. The van der Waals surface area contributed by atoms with Crippen LogP contribution < -0.4 is 5.32 Å². The quantitative estimate of drug-likeness (QED) is 0.882. The Morgan fingerprint density at radius 3 is 2.82 bits per heavy atom. The third kappa shape index (κ3) is 2.99. The van der Waals surface area contributed by atoms with Gasteiger partial charge in [0.05, 0.1) is 10.6 Å². The SMILES string of the molecule is CCc1ccccc1N=C1NC(=O)/C(=C\c2cccn2C)S1. The molecule has 1 aliphatic rings. The number of aliphatic imine (C=N–C) groups is 1. The number of aromatic nitrogens is 1. The Bertz CT molecular complexity index is 774. The van der Waals surface area contributed by atoms with Crippen molar-refractivity contribution in [1.82, 2.24) is 9.88 Å². The van der Waals surface area contributed by atoms with E-state index in [4.69, 9.17) is 0 Å². The van der Waals surface area contributed by atoms with Crippen molar-refractivity contribution in [1.29, 1.82) is 0 Å². The van der Waals surface area contributed by atoms with E-state index in [0.717, 1.165) is 17.8 Å². The van der Waals surface area contributed by atoms with Crippen LogP contribution in [0.4, 0.5) is 5.69 Å². The second-order valence-corrected chi connectivity index (χ2v) is 6.04. The molecule has 0 radical (unpaired) electrons. The first kappa shape index (κ1) is 14.7. The maximum Gasteiger partial charge on any atom is 0.264 e. The molecule has 112 valence electrons. The highest BCUT2D eigenvalue weighted by Crippen LogP contribution is 2.29. The normalized spacial score (nSPS) is 18.2. The van der Waals surface area contributed by atoms with Crippen molar-refractivity contribution in [3.8, 4) is 0 Å². The van der Waals surface area contributed by atoms with Gasteiger partial charge in [0.2, 0.25) is 0 Å². The maximum atomic E-state index is 12.1. The van der Waals surface area contributed by atoms with E-state index in [1.165, 1.54) is 17.3 Å². The van der Waals surface area contributed by atoms with Crippen molar-refractivity contribution in [2.75, 3.05) is 0 Å². The van der Waals surface area contributed by atoms with E-state index in [-0.39, 0.29) is 5.91 Å². The predicted octanol–water partition coefficient (Wildman–Crippen LogP) is 3.48. The number of benzene rings is 1. The fourth-order valence-electron chi connectivity index (χ4n) is 2.27. The molecule has 1 aliphatic heterocycles. The van der Waals surface area contributed by atoms with Gasteiger partial charge in [-0.1, -0.05) is 25.1 Å². The lowest BCUT2D eigenvalue weighted by Gasteiger charge is -2.02. The molecule has 0 spiro atoms. The van der Waals surface area contributed by atoms with E-state index < -0.39 is 0 Å². The van der Waals surface area contributed by atoms with E-state index in [9.17, 15) is 4.79 Å². The first-order chi connectivity index (χ1) is 10.7. The number of carbonyl (C=O) groups is 1. The van der Waals surface area contributed by atoms with E-state index in [0.29, 0.717) is 10.1 Å².